The molecule has 1 amide bonds. The highest BCUT2D eigenvalue weighted by Crippen LogP contribution is 2.33. The van der Waals surface area contributed by atoms with Crippen LogP contribution in [0.15, 0.2) is 29.8 Å². The molecule has 0 unspecified atom stereocenters. The number of benzene rings is 1. The average molecular weight is 289 g/mol. The van der Waals surface area contributed by atoms with Gasteiger partial charge in [-0.1, -0.05) is 38.5 Å². The molecule has 21 heavy (non-hydrogen) atoms. The Morgan fingerprint density at radius 3 is 2.57 bits per heavy atom. The molecule has 114 valence electrons. The van der Waals surface area contributed by atoms with Crippen LogP contribution in [0.4, 0.5) is 0 Å². The van der Waals surface area contributed by atoms with Crippen LogP contribution < -0.4 is 4.74 Å². The second kappa shape index (κ2) is 5.80. The van der Waals surface area contributed by atoms with Crippen molar-refractivity contribution in [1.29, 1.82) is 0 Å². The molecule has 0 radical (unpaired) electrons. The number of carbonyl (C=O) groups excluding carboxylic acids is 1. The zero-order valence-electron chi connectivity index (χ0n) is 13.1. The molecule has 0 spiro atoms. The van der Waals surface area contributed by atoms with E-state index in [9.17, 15) is 9.90 Å². The molecule has 0 aromatic heterocycles. The van der Waals surface area contributed by atoms with Crippen molar-refractivity contribution in [3.8, 4) is 11.5 Å². The van der Waals surface area contributed by atoms with Gasteiger partial charge in [-0.2, -0.15) is 0 Å². The minimum Gasteiger partial charge on any atom is -0.504 e. The normalized spacial score (nSPS) is 15.6. The number of carbonyl (C=O) groups is 1. The van der Waals surface area contributed by atoms with Gasteiger partial charge < -0.3 is 14.7 Å². The van der Waals surface area contributed by atoms with Gasteiger partial charge in [0, 0.05) is 13.1 Å². The van der Waals surface area contributed by atoms with Crippen molar-refractivity contribution in [2.24, 2.45) is 5.41 Å². The summed E-state index contributed by atoms with van der Waals surface area (Å²) >= 11 is 0. The van der Waals surface area contributed by atoms with Crippen LogP contribution in [0.25, 0.3) is 0 Å². The molecular weight excluding hydrogens is 266 g/mol. The molecule has 1 aromatic carbocycles. The van der Waals surface area contributed by atoms with Crippen LogP contribution in [0.2, 0.25) is 0 Å². The summed E-state index contributed by atoms with van der Waals surface area (Å²) in [5.41, 5.74) is 1.82. The molecule has 0 fully saturated rings. The number of hydrogen-bond acceptors (Lipinski definition) is 3. The molecule has 1 aromatic rings. The molecule has 1 heterocycles. The van der Waals surface area contributed by atoms with Gasteiger partial charge in [0.15, 0.2) is 11.5 Å². The van der Waals surface area contributed by atoms with Gasteiger partial charge in [0.2, 0.25) is 0 Å². The maximum atomic E-state index is 12.5. The highest BCUT2D eigenvalue weighted by Gasteiger charge is 2.26. The fourth-order valence-corrected chi connectivity index (χ4v) is 2.56. The van der Waals surface area contributed by atoms with Crippen molar-refractivity contribution < 1.29 is 14.6 Å². The first-order chi connectivity index (χ1) is 9.84. The molecule has 1 aliphatic heterocycles. The number of aromatic hydroxyl groups is 1. The second-order valence-corrected chi connectivity index (χ2v) is 6.34. The van der Waals surface area contributed by atoms with E-state index >= 15 is 0 Å². The van der Waals surface area contributed by atoms with Crippen LogP contribution in [0.1, 0.15) is 37.6 Å². The Labute approximate surface area is 126 Å². The highest BCUT2D eigenvalue weighted by molar-refractivity contribution is 5.97. The number of amides is 1. The summed E-state index contributed by atoms with van der Waals surface area (Å²) in [6.07, 6.45) is 3.00. The van der Waals surface area contributed by atoms with Gasteiger partial charge in [-0.05, 0) is 24.0 Å². The molecule has 0 atom stereocenters. The third kappa shape index (κ3) is 3.20. The fraction of sp³-hybridized carbons (Fsp3) is 0.471. The van der Waals surface area contributed by atoms with E-state index in [4.69, 9.17) is 4.74 Å². The lowest BCUT2D eigenvalue weighted by molar-refractivity contribution is 0.0761. The predicted molar refractivity (Wildman–Crippen MR) is 82.7 cm³/mol. The SMILES string of the molecule is COc1cccc(C(=O)N2CC=C(C(C)(C)C)CC2)c1O. The zero-order valence-corrected chi connectivity index (χ0v) is 13.1. The minimum absolute atomic E-state index is 0.0874. The highest BCUT2D eigenvalue weighted by atomic mass is 16.5. The standard InChI is InChI=1S/C17H23NO3/c1-17(2,3)12-8-10-18(11-9-12)16(20)13-6-5-7-14(21-4)15(13)19/h5-8,19H,9-11H2,1-4H3. The van der Waals surface area contributed by atoms with Gasteiger partial charge >= 0.3 is 0 Å². The Kier molecular flexibility index (Phi) is 4.26. The maximum absolute atomic E-state index is 12.5. The topological polar surface area (TPSA) is 49.8 Å². The second-order valence-electron chi connectivity index (χ2n) is 6.34. The van der Waals surface area contributed by atoms with Crippen molar-refractivity contribution >= 4 is 5.91 Å². The van der Waals surface area contributed by atoms with Crippen molar-refractivity contribution in [3.05, 3.63) is 35.4 Å². The Balaban J connectivity index is 2.18. The van der Waals surface area contributed by atoms with Gasteiger partial charge in [0.05, 0.1) is 12.7 Å². The lowest BCUT2D eigenvalue weighted by Crippen LogP contribution is -2.36. The number of methoxy groups -OCH3 is 1. The number of phenolic OH excluding ortho intramolecular Hbond substituents is 1. The maximum Gasteiger partial charge on any atom is 0.258 e. The number of para-hydroxylation sites is 1. The van der Waals surface area contributed by atoms with Crippen LogP contribution in [0.5, 0.6) is 11.5 Å². The summed E-state index contributed by atoms with van der Waals surface area (Å²) in [7, 11) is 1.47. The van der Waals surface area contributed by atoms with Crippen molar-refractivity contribution in [2.75, 3.05) is 20.2 Å². The quantitative estimate of drug-likeness (QED) is 0.850. The molecule has 1 N–H and O–H groups in total. The molecule has 0 saturated carbocycles. The smallest absolute Gasteiger partial charge is 0.258 e. The Morgan fingerprint density at radius 1 is 1.33 bits per heavy atom. The molecule has 0 bridgehead atoms. The molecule has 0 saturated heterocycles. The number of nitrogens with zero attached hydrogens (tertiary/aromatic N) is 1. The van der Waals surface area contributed by atoms with Gasteiger partial charge in [-0.15, -0.1) is 0 Å². The molecule has 0 aliphatic carbocycles. The molecule has 4 heteroatoms. The van der Waals surface area contributed by atoms with E-state index in [1.54, 1.807) is 23.1 Å². The summed E-state index contributed by atoms with van der Waals surface area (Å²) < 4.78 is 5.05. The van der Waals surface area contributed by atoms with E-state index in [1.165, 1.54) is 12.7 Å². The molecular formula is C17H23NO3. The molecule has 2 rings (SSSR count). The summed E-state index contributed by atoms with van der Waals surface area (Å²) in [6, 6.07) is 4.98. The summed E-state index contributed by atoms with van der Waals surface area (Å²) in [6.45, 7) is 7.82. The first kappa shape index (κ1) is 15.4. The van der Waals surface area contributed by atoms with E-state index in [0.717, 1.165) is 6.42 Å². The van der Waals surface area contributed by atoms with Crippen LogP contribution in [-0.4, -0.2) is 36.1 Å². The minimum atomic E-state index is -0.157. The first-order valence-electron chi connectivity index (χ1n) is 7.19. The van der Waals surface area contributed by atoms with Gasteiger partial charge in [-0.25, -0.2) is 0 Å². The largest absolute Gasteiger partial charge is 0.504 e. The summed E-state index contributed by atoms with van der Waals surface area (Å²) in [4.78, 5) is 14.3. The van der Waals surface area contributed by atoms with Gasteiger partial charge in [0.1, 0.15) is 0 Å². The van der Waals surface area contributed by atoms with Gasteiger partial charge in [0.25, 0.3) is 5.91 Å². The lowest BCUT2D eigenvalue weighted by atomic mass is 9.83. The molecule has 4 nitrogen and oxygen atoms in total. The third-order valence-electron chi connectivity index (χ3n) is 3.91. The van der Waals surface area contributed by atoms with Crippen LogP contribution >= 0.6 is 0 Å². The summed E-state index contributed by atoms with van der Waals surface area (Å²) in [5, 5.41) is 10.1. The number of ether oxygens (including phenoxy) is 1. The van der Waals surface area contributed by atoms with E-state index in [2.05, 4.69) is 26.8 Å². The first-order valence-corrected chi connectivity index (χ1v) is 7.19. The van der Waals surface area contributed by atoms with Crippen molar-refractivity contribution in [2.45, 2.75) is 27.2 Å². The number of rotatable bonds is 2. The Bertz CT molecular complexity index is 570. The van der Waals surface area contributed by atoms with E-state index in [0.29, 0.717) is 24.4 Å². The third-order valence-corrected chi connectivity index (χ3v) is 3.91. The van der Waals surface area contributed by atoms with Crippen LogP contribution in [0.3, 0.4) is 0 Å². The number of hydrogen-bond donors (Lipinski definition) is 1. The fourth-order valence-electron chi connectivity index (χ4n) is 2.56. The van der Waals surface area contributed by atoms with E-state index in [-0.39, 0.29) is 17.1 Å². The van der Waals surface area contributed by atoms with Crippen LogP contribution in [-0.2, 0) is 0 Å². The van der Waals surface area contributed by atoms with E-state index in [1.807, 2.05) is 0 Å². The lowest BCUT2D eigenvalue weighted by Gasteiger charge is -2.32. The predicted octanol–water partition coefficient (Wildman–Crippen LogP) is 3.22. The van der Waals surface area contributed by atoms with Gasteiger partial charge in [-0.3, -0.25) is 4.79 Å². The van der Waals surface area contributed by atoms with Crippen molar-refractivity contribution in [3.63, 3.8) is 0 Å². The Morgan fingerprint density at radius 2 is 2.05 bits per heavy atom. The number of phenols is 1. The summed E-state index contributed by atoms with van der Waals surface area (Å²) in [5.74, 6) is 0.0787. The van der Waals surface area contributed by atoms with E-state index < -0.39 is 0 Å². The van der Waals surface area contributed by atoms with Crippen molar-refractivity contribution in [1.82, 2.24) is 4.90 Å². The van der Waals surface area contributed by atoms with Crippen LogP contribution in [0, 0.1) is 5.41 Å². The average Bonchev–Trinajstić information content (AvgIpc) is 2.46. The monoisotopic (exact) mass is 289 g/mol. The zero-order chi connectivity index (χ0) is 15.6. The Hall–Kier alpha value is -1.97. The molecule has 1 aliphatic rings.